The zero-order valence-corrected chi connectivity index (χ0v) is 11.4. The summed E-state index contributed by atoms with van der Waals surface area (Å²) in [5.41, 5.74) is 1.47. The normalized spacial score (nSPS) is 13.7. The maximum absolute atomic E-state index is 4.04. The second-order valence-electron chi connectivity index (χ2n) is 5.17. The van der Waals surface area contributed by atoms with Gasteiger partial charge >= 0.3 is 0 Å². The Balaban J connectivity index is 2.59. The number of hydrogen-bond donors (Lipinski definition) is 1. The minimum atomic E-state index is 0.353. The second kappa shape index (κ2) is 4.97. The highest BCUT2D eigenvalue weighted by Gasteiger charge is 2.15. The van der Waals surface area contributed by atoms with Crippen molar-refractivity contribution >= 4 is 21.6 Å². The van der Waals surface area contributed by atoms with E-state index in [2.05, 4.69) is 53.9 Å². The molecule has 0 saturated heterocycles. The Labute approximate surface area is 101 Å². The van der Waals surface area contributed by atoms with Gasteiger partial charge in [-0.15, -0.1) is 0 Å². The highest BCUT2D eigenvalue weighted by molar-refractivity contribution is 9.10. The first-order chi connectivity index (χ1) is 6.88. The first-order valence-electron chi connectivity index (χ1n) is 5.24. The molecule has 1 unspecified atom stereocenters. The van der Waals surface area contributed by atoms with E-state index in [9.17, 15) is 0 Å². The molecular weight excluding hydrogens is 252 g/mol. The lowest BCUT2D eigenvalue weighted by atomic mass is 9.88. The van der Waals surface area contributed by atoms with Gasteiger partial charge in [0.1, 0.15) is 0 Å². The SMILES string of the molecule is CC(CC(C)(C)C)Nc1ccncc1Br. The van der Waals surface area contributed by atoms with Crippen LogP contribution in [0.5, 0.6) is 0 Å². The standard InChI is InChI=1S/C12H19BrN2/c1-9(7-12(2,3)4)15-11-5-6-14-8-10(11)13/h5-6,8-9H,7H2,1-4H3,(H,14,15). The number of nitrogens with zero attached hydrogens (tertiary/aromatic N) is 1. The lowest BCUT2D eigenvalue weighted by Gasteiger charge is -2.25. The van der Waals surface area contributed by atoms with Crippen molar-refractivity contribution in [1.82, 2.24) is 4.98 Å². The summed E-state index contributed by atoms with van der Waals surface area (Å²) >= 11 is 3.48. The second-order valence-corrected chi connectivity index (χ2v) is 6.02. The van der Waals surface area contributed by atoms with E-state index in [1.165, 1.54) is 0 Å². The van der Waals surface area contributed by atoms with Crippen molar-refractivity contribution in [2.75, 3.05) is 5.32 Å². The fourth-order valence-corrected chi connectivity index (χ4v) is 2.09. The number of anilines is 1. The van der Waals surface area contributed by atoms with E-state index in [0.29, 0.717) is 11.5 Å². The smallest absolute Gasteiger partial charge is 0.0590 e. The Bertz CT molecular complexity index is 318. The Morgan fingerprint density at radius 2 is 2.13 bits per heavy atom. The summed E-state index contributed by atoms with van der Waals surface area (Å²) in [4.78, 5) is 4.04. The average Bonchev–Trinajstić information content (AvgIpc) is 2.05. The van der Waals surface area contributed by atoms with Crippen molar-refractivity contribution < 1.29 is 0 Å². The minimum absolute atomic E-state index is 0.353. The van der Waals surface area contributed by atoms with Crippen LogP contribution >= 0.6 is 15.9 Å². The van der Waals surface area contributed by atoms with Crippen LogP contribution in [0.25, 0.3) is 0 Å². The summed E-state index contributed by atoms with van der Waals surface area (Å²) in [6, 6.07) is 2.45. The van der Waals surface area contributed by atoms with Crippen LogP contribution in [0.3, 0.4) is 0 Å². The molecule has 0 bridgehead atoms. The van der Waals surface area contributed by atoms with Gasteiger partial charge in [-0.1, -0.05) is 20.8 Å². The van der Waals surface area contributed by atoms with Gasteiger partial charge in [0.25, 0.3) is 0 Å². The molecule has 0 fully saturated rings. The van der Waals surface area contributed by atoms with E-state index in [-0.39, 0.29) is 0 Å². The van der Waals surface area contributed by atoms with E-state index < -0.39 is 0 Å². The zero-order valence-electron chi connectivity index (χ0n) is 9.84. The van der Waals surface area contributed by atoms with E-state index in [1.807, 2.05) is 12.3 Å². The molecule has 3 heteroatoms. The zero-order chi connectivity index (χ0) is 11.5. The van der Waals surface area contributed by atoms with Gasteiger partial charge in [0.05, 0.1) is 10.2 Å². The third-order valence-electron chi connectivity index (χ3n) is 2.09. The molecule has 0 amide bonds. The summed E-state index contributed by atoms with van der Waals surface area (Å²) in [6.07, 6.45) is 4.75. The molecule has 2 nitrogen and oxygen atoms in total. The molecule has 1 aromatic heterocycles. The molecule has 1 atom stereocenters. The number of rotatable bonds is 3. The fourth-order valence-electron chi connectivity index (χ4n) is 1.73. The number of hydrogen-bond acceptors (Lipinski definition) is 2. The van der Waals surface area contributed by atoms with E-state index in [1.54, 1.807) is 6.20 Å². The van der Waals surface area contributed by atoms with Crippen molar-refractivity contribution in [2.45, 2.75) is 40.2 Å². The summed E-state index contributed by atoms with van der Waals surface area (Å²) < 4.78 is 1.02. The Kier molecular flexibility index (Phi) is 4.14. The number of aromatic nitrogens is 1. The summed E-state index contributed by atoms with van der Waals surface area (Å²) in [7, 11) is 0. The maximum Gasteiger partial charge on any atom is 0.0590 e. The first kappa shape index (κ1) is 12.5. The first-order valence-corrected chi connectivity index (χ1v) is 6.04. The van der Waals surface area contributed by atoms with Crippen LogP contribution in [-0.4, -0.2) is 11.0 Å². The van der Waals surface area contributed by atoms with Crippen LogP contribution in [0.1, 0.15) is 34.1 Å². The molecule has 15 heavy (non-hydrogen) atoms. The minimum Gasteiger partial charge on any atom is -0.382 e. The monoisotopic (exact) mass is 270 g/mol. The van der Waals surface area contributed by atoms with Gasteiger partial charge in [-0.05, 0) is 40.8 Å². The molecule has 0 spiro atoms. The molecule has 1 N–H and O–H groups in total. The van der Waals surface area contributed by atoms with Crippen LogP contribution in [-0.2, 0) is 0 Å². The van der Waals surface area contributed by atoms with Crippen molar-refractivity contribution in [1.29, 1.82) is 0 Å². The van der Waals surface area contributed by atoms with Gasteiger partial charge in [0.2, 0.25) is 0 Å². The summed E-state index contributed by atoms with van der Waals surface area (Å²) in [5.74, 6) is 0. The molecule has 0 saturated carbocycles. The molecule has 0 aliphatic carbocycles. The molecular formula is C12H19BrN2. The van der Waals surface area contributed by atoms with Crippen LogP contribution in [0.15, 0.2) is 22.9 Å². The average molecular weight is 271 g/mol. The third kappa shape index (κ3) is 4.65. The molecule has 0 radical (unpaired) electrons. The van der Waals surface area contributed by atoms with Crippen molar-refractivity contribution in [3.05, 3.63) is 22.9 Å². The predicted octanol–water partition coefficient (Wildman–Crippen LogP) is 4.08. The van der Waals surface area contributed by atoms with Gasteiger partial charge in [-0.3, -0.25) is 4.98 Å². The number of nitrogens with one attached hydrogen (secondary N) is 1. The van der Waals surface area contributed by atoms with Crippen LogP contribution in [0, 0.1) is 5.41 Å². The highest BCUT2D eigenvalue weighted by Crippen LogP contribution is 2.25. The lowest BCUT2D eigenvalue weighted by Crippen LogP contribution is -2.22. The van der Waals surface area contributed by atoms with Crippen LogP contribution < -0.4 is 5.32 Å². The van der Waals surface area contributed by atoms with Gasteiger partial charge in [-0.25, -0.2) is 0 Å². The highest BCUT2D eigenvalue weighted by atomic mass is 79.9. The molecule has 1 aromatic rings. The van der Waals surface area contributed by atoms with Gasteiger partial charge in [0, 0.05) is 18.4 Å². The molecule has 0 aromatic carbocycles. The summed E-state index contributed by atoms with van der Waals surface area (Å²) in [5, 5.41) is 3.48. The Hall–Kier alpha value is -0.570. The largest absolute Gasteiger partial charge is 0.382 e. The number of halogens is 1. The quantitative estimate of drug-likeness (QED) is 0.896. The summed E-state index contributed by atoms with van der Waals surface area (Å²) in [6.45, 7) is 8.98. The van der Waals surface area contributed by atoms with Crippen LogP contribution in [0.4, 0.5) is 5.69 Å². The van der Waals surface area contributed by atoms with E-state index in [0.717, 1.165) is 16.6 Å². The number of pyridine rings is 1. The predicted molar refractivity (Wildman–Crippen MR) is 69.1 cm³/mol. The molecule has 1 heterocycles. The Morgan fingerprint density at radius 1 is 1.47 bits per heavy atom. The van der Waals surface area contributed by atoms with E-state index >= 15 is 0 Å². The van der Waals surface area contributed by atoms with Gasteiger partial charge in [-0.2, -0.15) is 0 Å². The maximum atomic E-state index is 4.04. The van der Waals surface area contributed by atoms with Gasteiger partial charge in [0.15, 0.2) is 0 Å². The third-order valence-corrected chi connectivity index (χ3v) is 2.72. The van der Waals surface area contributed by atoms with Crippen molar-refractivity contribution in [2.24, 2.45) is 5.41 Å². The molecule has 84 valence electrons. The Morgan fingerprint density at radius 3 is 2.67 bits per heavy atom. The molecule has 1 rings (SSSR count). The fraction of sp³-hybridized carbons (Fsp3) is 0.583. The molecule has 0 aliphatic rings. The molecule has 0 aliphatic heterocycles. The van der Waals surface area contributed by atoms with Crippen LogP contribution in [0.2, 0.25) is 0 Å². The topological polar surface area (TPSA) is 24.9 Å². The van der Waals surface area contributed by atoms with Crippen molar-refractivity contribution in [3.8, 4) is 0 Å². The van der Waals surface area contributed by atoms with E-state index in [4.69, 9.17) is 0 Å². The van der Waals surface area contributed by atoms with Gasteiger partial charge < -0.3 is 5.32 Å². The lowest BCUT2D eigenvalue weighted by molar-refractivity contribution is 0.358. The van der Waals surface area contributed by atoms with Crippen molar-refractivity contribution in [3.63, 3.8) is 0 Å².